The first-order valence-corrected chi connectivity index (χ1v) is 6.94. The van der Waals surface area contributed by atoms with E-state index in [1.54, 1.807) is 6.92 Å². The summed E-state index contributed by atoms with van der Waals surface area (Å²) < 4.78 is 81.9. The van der Waals surface area contributed by atoms with E-state index in [0.29, 0.717) is 25.3 Å². The number of halogens is 7. The van der Waals surface area contributed by atoms with Crippen LogP contribution in [-0.4, -0.2) is 31.2 Å². The van der Waals surface area contributed by atoms with Crippen molar-refractivity contribution in [1.82, 2.24) is 5.32 Å². The van der Waals surface area contributed by atoms with Crippen molar-refractivity contribution < 1.29 is 35.9 Å². The fourth-order valence-corrected chi connectivity index (χ4v) is 2.27. The number of carbonyl (C=O) groups is 1. The Bertz CT molecular complexity index is 588. The van der Waals surface area contributed by atoms with Gasteiger partial charge in [0.05, 0.1) is 23.8 Å². The van der Waals surface area contributed by atoms with E-state index < -0.39 is 47.2 Å². The fourth-order valence-electron chi connectivity index (χ4n) is 2.27. The van der Waals surface area contributed by atoms with E-state index in [1.807, 2.05) is 0 Å². The number of amides is 1. The molecule has 1 saturated heterocycles. The smallest absolute Gasteiger partial charge is 0.375 e. The van der Waals surface area contributed by atoms with Gasteiger partial charge in [0, 0.05) is 12.2 Å². The summed E-state index contributed by atoms with van der Waals surface area (Å²) in [6, 6.07) is 0.0473. The Labute approximate surface area is 145 Å². The molecule has 2 rings (SSSR count). The van der Waals surface area contributed by atoms with Crippen molar-refractivity contribution in [2.24, 2.45) is 0 Å². The molecule has 0 radical (unpaired) electrons. The van der Waals surface area contributed by atoms with Crippen molar-refractivity contribution in [3.63, 3.8) is 0 Å². The number of benzene rings is 1. The summed E-state index contributed by atoms with van der Waals surface area (Å²) in [5.74, 6) is -0.769. The van der Waals surface area contributed by atoms with Gasteiger partial charge in [-0.05, 0) is 25.1 Å². The molecular weight excluding hydrogens is 378 g/mol. The number of hydrogen-bond acceptors (Lipinski definition) is 3. The monoisotopic (exact) mass is 392 g/mol. The molecule has 4 nitrogen and oxygen atoms in total. The van der Waals surface area contributed by atoms with Crippen LogP contribution in [0.15, 0.2) is 18.2 Å². The van der Waals surface area contributed by atoms with E-state index in [-0.39, 0.29) is 18.5 Å². The summed E-state index contributed by atoms with van der Waals surface area (Å²) in [4.78, 5) is 12.1. The highest BCUT2D eigenvalue weighted by atomic mass is 35.5. The zero-order valence-corrected chi connectivity index (χ0v) is 13.6. The number of nitrogens with one attached hydrogen (secondary N) is 2. The highest BCUT2D eigenvalue weighted by Crippen LogP contribution is 2.37. The molecule has 25 heavy (non-hydrogen) atoms. The second kappa shape index (κ2) is 7.79. The molecule has 1 aromatic rings. The zero-order chi connectivity index (χ0) is 18.1. The van der Waals surface area contributed by atoms with Crippen LogP contribution in [0.5, 0.6) is 0 Å². The van der Waals surface area contributed by atoms with Gasteiger partial charge in [0.25, 0.3) is 0 Å². The lowest BCUT2D eigenvalue weighted by atomic mass is 10.1. The van der Waals surface area contributed by atoms with Gasteiger partial charge in [-0.25, -0.2) is 0 Å². The Morgan fingerprint density at radius 2 is 1.64 bits per heavy atom. The van der Waals surface area contributed by atoms with E-state index in [1.165, 1.54) is 0 Å². The lowest BCUT2D eigenvalue weighted by molar-refractivity contribution is -0.143. The summed E-state index contributed by atoms with van der Waals surface area (Å²) in [6.07, 6.45) is -10.5. The highest BCUT2D eigenvalue weighted by Gasteiger charge is 2.37. The quantitative estimate of drug-likeness (QED) is 0.758. The maximum atomic E-state index is 12.8. The Morgan fingerprint density at radius 1 is 1.12 bits per heavy atom. The Balaban J connectivity index is 0.00000312. The minimum absolute atomic E-state index is 0. The number of hydrogen-bond donors (Lipinski definition) is 2. The molecule has 1 heterocycles. The summed E-state index contributed by atoms with van der Waals surface area (Å²) in [5.41, 5.74) is -3.57. The van der Waals surface area contributed by atoms with Crippen LogP contribution >= 0.6 is 12.4 Å². The van der Waals surface area contributed by atoms with Gasteiger partial charge >= 0.3 is 12.4 Å². The van der Waals surface area contributed by atoms with Crippen LogP contribution in [0.4, 0.5) is 32.0 Å². The lowest BCUT2D eigenvalue weighted by Crippen LogP contribution is -2.53. The molecule has 0 aromatic heterocycles. The van der Waals surface area contributed by atoms with E-state index in [4.69, 9.17) is 4.74 Å². The molecule has 0 aliphatic carbocycles. The predicted octanol–water partition coefficient (Wildman–Crippen LogP) is 3.46. The standard InChI is InChI=1S/C14H14F6N2O2.ClH/c1-7-11(21-2-3-24-7)12(23)22-10-5-8(13(15,16)17)4-9(6-10)14(18,19)20;/h4-7,11,21H,2-3H2,1H3,(H,22,23);1H/t7-,11+;/m1./s1. The first-order chi connectivity index (χ1) is 11.0. The van der Waals surface area contributed by atoms with E-state index in [0.717, 1.165) is 0 Å². The van der Waals surface area contributed by atoms with Crippen molar-refractivity contribution in [2.45, 2.75) is 31.4 Å². The van der Waals surface area contributed by atoms with Crippen LogP contribution in [0.2, 0.25) is 0 Å². The molecule has 11 heteroatoms. The minimum Gasteiger partial charge on any atom is -0.375 e. The van der Waals surface area contributed by atoms with Crippen LogP contribution in [0, 0.1) is 0 Å². The first kappa shape index (κ1) is 21.5. The third-order valence-corrected chi connectivity index (χ3v) is 3.45. The number of rotatable bonds is 2. The second-order valence-corrected chi connectivity index (χ2v) is 5.29. The Hall–Kier alpha value is -1.52. The average Bonchev–Trinajstić information content (AvgIpc) is 2.45. The Morgan fingerprint density at radius 3 is 2.08 bits per heavy atom. The molecule has 1 fully saturated rings. The van der Waals surface area contributed by atoms with Gasteiger partial charge in [0.15, 0.2) is 0 Å². The fraction of sp³-hybridized carbons (Fsp3) is 0.500. The molecule has 2 atom stereocenters. The SMILES string of the molecule is C[C@H]1OCCN[C@@H]1C(=O)Nc1cc(C(F)(F)F)cc(C(F)(F)F)c1.Cl. The molecule has 142 valence electrons. The number of carbonyl (C=O) groups excluding carboxylic acids is 1. The summed E-state index contributed by atoms with van der Waals surface area (Å²) >= 11 is 0. The van der Waals surface area contributed by atoms with Crippen molar-refractivity contribution in [3.05, 3.63) is 29.3 Å². The normalized spacial score (nSPS) is 21.4. The van der Waals surface area contributed by atoms with Crippen molar-refractivity contribution in [3.8, 4) is 0 Å². The van der Waals surface area contributed by atoms with Gasteiger partial charge < -0.3 is 15.4 Å². The molecule has 1 amide bonds. The van der Waals surface area contributed by atoms with Crippen molar-refractivity contribution >= 4 is 24.0 Å². The number of morpholine rings is 1. The number of anilines is 1. The molecule has 1 aliphatic rings. The summed E-state index contributed by atoms with van der Waals surface area (Å²) in [7, 11) is 0. The van der Waals surface area contributed by atoms with Crippen LogP contribution in [0.3, 0.4) is 0 Å². The lowest BCUT2D eigenvalue weighted by Gasteiger charge is -2.29. The number of ether oxygens (including phenoxy) is 1. The molecule has 1 aromatic carbocycles. The maximum absolute atomic E-state index is 12.8. The molecule has 0 saturated carbocycles. The molecule has 2 N–H and O–H groups in total. The highest BCUT2D eigenvalue weighted by molar-refractivity contribution is 5.95. The van der Waals surface area contributed by atoms with Crippen molar-refractivity contribution in [2.75, 3.05) is 18.5 Å². The largest absolute Gasteiger partial charge is 0.416 e. The minimum atomic E-state index is -4.97. The summed E-state index contributed by atoms with van der Waals surface area (Å²) in [6.45, 7) is 2.27. The van der Waals surface area contributed by atoms with E-state index in [9.17, 15) is 31.1 Å². The van der Waals surface area contributed by atoms with Crippen LogP contribution in [0.1, 0.15) is 18.1 Å². The predicted molar refractivity (Wildman–Crippen MR) is 79.5 cm³/mol. The van der Waals surface area contributed by atoms with Gasteiger partial charge in [-0.3, -0.25) is 4.79 Å². The van der Waals surface area contributed by atoms with Gasteiger partial charge in [0.1, 0.15) is 6.04 Å². The van der Waals surface area contributed by atoms with Gasteiger partial charge in [-0.15, -0.1) is 12.4 Å². The van der Waals surface area contributed by atoms with E-state index in [2.05, 4.69) is 10.6 Å². The average molecular weight is 393 g/mol. The topological polar surface area (TPSA) is 50.4 Å². The van der Waals surface area contributed by atoms with Crippen LogP contribution < -0.4 is 10.6 Å². The maximum Gasteiger partial charge on any atom is 0.416 e. The van der Waals surface area contributed by atoms with Gasteiger partial charge in [-0.2, -0.15) is 26.3 Å². The van der Waals surface area contributed by atoms with Crippen molar-refractivity contribution in [1.29, 1.82) is 0 Å². The van der Waals surface area contributed by atoms with E-state index >= 15 is 0 Å². The van der Waals surface area contributed by atoms with Gasteiger partial charge in [-0.1, -0.05) is 0 Å². The number of alkyl halides is 6. The second-order valence-electron chi connectivity index (χ2n) is 5.29. The Kier molecular flexibility index (Phi) is 6.71. The van der Waals surface area contributed by atoms with Gasteiger partial charge in [0.2, 0.25) is 5.91 Å². The molecule has 0 bridgehead atoms. The van der Waals surface area contributed by atoms with Crippen LogP contribution in [-0.2, 0) is 21.9 Å². The third kappa shape index (κ3) is 5.48. The molecular formula is C14H15ClF6N2O2. The molecule has 0 spiro atoms. The zero-order valence-electron chi connectivity index (χ0n) is 12.8. The summed E-state index contributed by atoms with van der Waals surface area (Å²) in [5, 5.41) is 4.88. The third-order valence-electron chi connectivity index (χ3n) is 3.45. The first-order valence-electron chi connectivity index (χ1n) is 6.94. The van der Waals surface area contributed by atoms with Crippen LogP contribution in [0.25, 0.3) is 0 Å². The molecule has 1 aliphatic heterocycles. The molecule has 0 unspecified atom stereocenters.